The topological polar surface area (TPSA) is 23.5 Å². The van der Waals surface area contributed by atoms with Gasteiger partial charge in [-0.1, -0.05) is 6.92 Å². The van der Waals surface area contributed by atoms with Crippen LogP contribution in [0.25, 0.3) is 0 Å². The highest BCUT2D eigenvalue weighted by Crippen LogP contribution is 2.24. The van der Waals surface area contributed by atoms with Gasteiger partial charge in [-0.25, -0.2) is 0 Å². The Kier molecular flexibility index (Phi) is 3.34. The molecule has 0 aromatic heterocycles. The normalized spacial score (nSPS) is 34.1. The summed E-state index contributed by atoms with van der Waals surface area (Å²) in [5.41, 5.74) is 0. The molecule has 0 spiro atoms. The molecule has 1 rings (SSSR count). The van der Waals surface area contributed by atoms with E-state index >= 15 is 0 Å². The van der Waals surface area contributed by atoms with E-state index in [0.717, 1.165) is 18.3 Å². The molecule has 2 atom stereocenters. The van der Waals surface area contributed by atoms with Gasteiger partial charge in [0.05, 0.1) is 0 Å². The molecule has 0 radical (unpaired) electrons. The van der Waals surface area contributed by atoms with Gasteiger partial charge < -0.3 is 10.0 Å². The second-order valence-corrected chi connectivity index (χ2v) is 3.80. The highest BCUT2D eigenvalue weighted by atomic mass is 16.3. The predicted molar refractivity (Wildman–Crippen MR) is 46.5 cm³/mol. The number of hydrogen-bond donors (Lipinski definition) is 1. The predicted octanol–water partition coefficient (Wildman–Crippen LogP) is 0.957. The second kappa shape index (κ2) is 4.07. The summed E-state index contributed by atoms with van der Waals surface area (Å²) in [7, 11) is 2.17. The number of rotatable bonds is 2. The summed E-state index contributed by atoms with van der Waals surface area (Å²) in [6, 6.07) is 0. The molecular weight excluding hydrogens is 138 g/mol. The number of hydrogen-bond acceptors (Lipinski definition) is 2. The highest BCUT2D eigenvalue weighted by molar-refractivity contribution is 4.75. The fraction of sp³-hybridized carbons (Fsp3) is 1.00. The minimum Gasteiger partial charge on any atom is -0.396 e. The van der Waals surface area contributed by atoms with Crippen LogP contribution in [-0.2, 0) is 0 Å². The van der Waals surface area contributed by atoms with Crippen molar-refractivity contribution in [3.8, 4) is 0 Å². The zero-order valence-corrected chi connectivity index (χ0v) is 7.58. The number of piperidine rings is 1. The quantitative estimate of drug-likeness (QED) is 0.645. The molecule has 1 aliphatic rings. The van der Waals surface area contributed by atoms with Crippen LogP contribution in [0.15, 0.2) is 0 Å². The van der Waals surface area contributed by atoms with Gasteiger partial charge in [0, 0.05) is 13.2 Å². The third kappa shape index (κ3) is 2.46. The molecule has 0 aromatic carbocycles. The second-order valence-electron chi connectivity index (χ2n) is 3.80. The molecule has 1 N–H and O–H groups in total. The Morgan fingerprint density at radius 3 is 2.82 bits per heavy atom. The molecule has 0 amide bonds. The van der Waals surface area contributed by atoms with Crippen molar-refractivity contribution in [2.24, 2.45) is 11.8 Å². The number of nitrogens with zero attached hydrogens (tertiary/aromatic N) is 1. The van der Waals surface area contributed by atoms with Crippen molar-refractivity contribution >= 4 is 0 Å². The molecule has 1 heterocycles. The molecule has 2 nitrogen and oxygen atoms in total. The molecular formula is C9H19NO. The lowest BCUT2D eigenvalue weighted by molar-refractivity contribution is 0.128. The van der Waals surface area contributed by atoms with Gasteiger partial charge >= 0.3 is 0 Å². The average Bonchev–Trinajstić information content (AvgIpc) is 1.95. The van der Waals surface area contributed by atoms with Crippen LogP contribution in [0.4, 0.5) is 0 Å². The Hall–Kier alpha value is -0.0800. The summed E-state index contributed by atoms with van der Waals surface area (Å²) < 4.78 is 0. The first kappa shape index (κ1) is 9.01. The largest absolute Gasteiger partial charge is 0.396 e. The highest BCUT2D eigenvalue weighted by Gasteiger charge is 2.22. The maximum Gasteiger partial charge on any atom is 0.0433 e. The third-order valence-corrected chi connectivity index (χ3v) is 2.79. The van der Waals surface area contributed by atoms with Crippen LogP contribution in [-0.4, -0.2) is 36.8 Å². The van der Waals surface area contributed by atoms with Crippen molar-refractivity contribution in [2.45, 2.75) is 19.8 Å². The summed E-state index contributed by atoms with van der Waals surface area (Å²) in [6.45, 7) is 5.05. The van der Waals surface area contributed by atoms with E-state index in [9.17, 15) is 0 Å². The fourth-order valence-corrected chi connectivity index (χ4v) is 2.00. The van der Waals surface area contributed by atoms with E-state index in [0.29, 0.717) is 6.61 Å². The Labute approximate surface area is 69.2 Å². The van der Waals surface area contributed by atoms with Crippen LogP contribution in [0.5, 0.6) is 0 Å². The van der Waals surface area contributed by atoms with Gasteiger partial charge in [-0.05, 0) is 38.3 Å². The molecule has 0 aromatic rings. The van der Waals surface area contributed by atoms with Crippen molar-refractivity contribution in [1.82, 2.24) is 4.90 Å². The Morgan fingerprint density at radius 2 is 2.27 bits per heavy atom. The molecule has 1 aliphatic heterocycles. The number of likely N-dealkylation sites (tertiary alicyclic amines) is 1. The summed E-state index contributed by atoms with van der Waals surface area (Å²) in [5.74, 6) is 1.53. The number of aliphatic hydroxyl groups excluding tert-OH is 1. The van der Waals surface area contributed by atoms with Crippen LogP contribution in [0.1, 0.15) is 19.8 Å². The molecule has 2 heteroatoms. The first-order valence-corrected chi connectivity index (χ1v) is 4.53. The van der Waals surface area contributed by atoms with Crippen molar-refractivity contribution < 1.29 is 5.11 Å². The Morgan fingerprint density at radius 1 is 1.55 bits per heavy atom. The first-order chi connectivity index (χ1) is 5.24. The zero-order chi connectivity index (χ0) is 8.27. The minimum atomic E-state index is 0.360. The lowest BCUT2D eigenvalue weighted by Crippen LogP contribution is -2.36. The third-order valence-electron chi connectivity index (χ3n) is 2.79. The summed E-state index contributed by atoms with van der Waals surface area (Å²) in [4.78, 5) is 2.37. The van der Waals surface area contributed by atoms with Gasteiger partial charge in [-0.2, -0.15) is 0 Å². The Bertz CT molecular complexity index is 116. The maximum absolute atomic E-state index is 8.79. The molecule has 0 saturated carbocycles. The van der Waals surface area contributed by atoms with Crippen LogP contribution < -0.4 is 0 Å². The SMILES string of the molecule is CC1CN(C)CCC1CCO. The van der Waals surface area contributed by atoms with E-state index in [2.05, 4.69) is 18.9 Å². The summed E-state index contributed by atoms with van der Waals surface area (Å²) in [5, 5.41) is 8.79. The molecule has 0 aliphatic carbocycles. The van der Waals surface area contributed by atoms with E-state index in [4.69, 9.17) is 5.11 Å². The van der Waals surface area contributed by atoms with Gasteiger partial charge in [0.25, 0.3) is 0 Å². The molecule has 66 valence electrons. The van der Waals surface area contributed by atoms with Crippen molar-refractivity contribution in [1.29, 1.82) is 0 Å². The lowest BCUT2D eigenvalue weighted by atomic mass is 9.85. The molecule has 1 fully saturated rings. The molecule has 2 unspecified atom stereocenters. The molecule has 0 bridgehead atoms. The van der Waals surface area contributed by atoms with Crippen LogP contribution >= 0.6 is 0 Å². The van der Waals surface area contributed by atoms with Crippen LogP contribution in [0.2, 0.25) is 0 Å². The summed E-state index contributed by atoms with van der Waals surface area (Å²) >= 11 is 0. The summed E-state index contributed by atoms with van der Waals surface area (Å²) in [6.07, 6.45) is 2.26. The van der Waals surface area contributed by atoms with Crippen LogP contribution in [0, 0.1) is 11.8 Å². The smallest absolute Gasteiger partial charge is 0.0433 e. The zero-order valence-electron chi connectivity index (χ0n) is 7.58. The minimum absolute atomic E-state index is 0.360. The van der Waals surface area contributed by atoms with Gasteiger partial charge in [-0.3, -0.25) is 0 Å². The standard InChI is InChI=1S/C9H19NO/c1-8-7-10(2)5-3-9(8)4-6-11/h8-9,11H,3-7H2,1-2H3. The van der Waals surface area contributed by atoms with E-state index < -0.39 is 0 Å². The van der Waals surface area contributed by atoms with Gasteiger partial charge in [0.1, 0.15) is 0 Å². The first-order valence-electron chi connectivity index (χ1n) is 4.53. The monoisotopic (exact) mass is 157 g/mol. The average molecular weight is 157 g/mol. The van der Waals surface area contributed by atoms with Crippen molar-refractivity contribution in [3.05, 3.63) is 0 Å². The maximum atomic E-state index is 8.79. The van der Waals surface area contributed by atoms with Crippen molar-refractivity contribution in [3.63, 3.8) is 0 Å². The van der Waals surface area contributed by atoms with E-state index in [-0.39, 0.29) is 0 Å². The van der Waals surface area contributed by atoms with Crippen molar-refractivity contribution in [2.75, 3.05) is 26.7 Å². The van der Waals surface area contributed by atoms with E-state index in [1.165, 1.54) is 19.5 Å². The van der Waals surface area contributed by atoms with E-state index in [1.54, 1.807) is 0 Å². The van der Waals surface area contributed by atoms with Gasteiger partial charge in [0.15, 0.2) is 0 Å². The Balaban J connectivity index is 2.31. The number of aliphatic hydroxyl groups is 1. The van der Waals surface area contributed by atoms with Gasteiger partial charge in [-0.15, -0.1) is 0 Å². The fourth-order valence-electron chi connectivity index (χ4n) is 2.00. The van der Waals surface area contributed by atoms with Gasteiger partial charge in [0.2, 0.25) is 0 Å². The van der Waals surface area contributed by atoms with E-state index in [1.807, 2.05) is 0 Å². The lowest BCUT2D eigenvalue weighted by Gasteiger charge is -2.34. The van der Waals surface area contributed by atoms with Crippen LogP contribution in [0.3, 0.4) is 0 Å². The molecule has 11 heavy (non-hydrogen) atoms. The molecule has 1 saturated heterocycles.